The van der Waals surface area contributed by atoms with Crippen LogP contribution in [0.3, 0.4) is 0 Å². The van der Waals surface area contributed by atoms with Gasteiger partial charge >= 0.3 is 5.97 Å². The summed E-state index contributed by atoms with van der Waals surface area (Å²) in [5.74, 6) is -0.0142. The minimum absolute atomic E-state index is 0.0150. The van der Waals surface area contributed by atoms with Crippen LogP contribution in [0.4, 0.5) is 0 Å². The second kappa shape index (κ2) is 66.1. The molecule has 452 valence electrons. The third-order valence-corrected chi connectivity index (χ3v) is 16.6. The summed E-state index contributed by atoms with van der Waals surface area (Å²) in [5, 5.41) is 23.3. The van der Waals surface area contributed by atoms with Gasteiger partial charge < -0.3 is 20.3 Å². The molecule has 0 aromatic heterocycles. The zero-order chi connectivity index (χ0) is 55.0. The summed E-state index contributed by atoms with van der Waals surface area (Å²) >= 11 is 0. The lowest BCUT2D eigenvalue weighted by Gasteiger charge is -2.22. The molecule has 6 heteroatoms. The van der Waals surface area contributed by atoms with Gasteiger partial charge in [-0.05, 0) is 51.4 Å². The highest BCUT2D eigenvalue weighted by Gasteiger charge is 2.20. The van der Waals surface area contributed by atoms with Crippen LogP contribution in [0.25, 0.3) is 0 Å². The maximum absolute atomic E-state index is 12.5. The van der Waals surface area contributed by atoms with E-state index < -0.39 is 12.1 Å². The number of esters is 1. The van der Waals surface area contributed by atoms with E-state index in [1.54, 1.807) is 0 Å². The molecule has 0 saturated heterocycles. The van der Waals surface area contributed by atoms with Gasteiger partial charge in [-0.15, -0.1) is 0 Å². The van der Waals surface area contributed by atoms with Gasteiger partial charge in [-0.1, -0.05) is 347 Å². The van der Waals surface area contributed by atoms with E-state index in [9.17, 15) is 19.8 Å². The molecule has 0 fully saturated rings. The Bertz CT molecular complexity index is 1140. The predicted octanol–water partition coefficient (Wildman–Crippen LogP) is 22.4. The molecule has 0 heterocycles. The van der Waals surface area contributed by atoms with E-state index in [1.807, 2.05) is 0 Å². The summed E-state index contributed by atoms with van der Waals surface area (Å²) in [4.78, 5) is 24.6. The number of aliphatic hydroxyl groups excluding tert-OH is 2. The van der Waals surface area contributed by atoms with Gasteiger partial charge in [-0.2, -0.15) is 0 Å². The van der Waals surface area contributed by atoms with E-state index in [-0.39, 0.29) is 18.5 Å². The van der Waals surface area contributed by atoms with Gasteiger partial charge in [0.1, 0.15) is 0 Å². The normalized spacial score (nSPS) is 12.5. The Morgan fingerprint density at radius 3 is 0.934 bits per heavy atom. The number of unbranched alkanes of at least 4 members (excludes halogenated alkanes) is 53. The van der Waals surface area contributed by atoms with Crippen molar-refractivity contribution in [3.63, 3.8) is 0 Å². The fraction of sp³-hybridized carbons (Fsp3) is 0.943. The van der Waals surface area contributed by atoms with Crippen LogP contribution in [0.15, 0.2) is 12.2 Å². The average molecular weight is 1070 g/mol. The molecule has 0 aromatic rings. The summed E-state index contributed by atoms with van der Waals surface area (Å²) in [7, 11) is 0. The van der Waals surface area contributed by atoms with Crippen molar-refractivity contribution in [2.24, 2.45) is 0 Å². The van der Waals surface area contributed by atoms with E-state index >= 15 is 0 Å². The molecule has 2 atom stereocenters. The topological polar surface area (TPSA) is 95.9 Å². The number of carbonyl (C=O) groups excluding carboxylic acids is 2. The summed E-state index contributed by atoms with van der Waals surface area (Å²) in [6.45, 7) is 4.99. The molecule has 2 unspecified atom stereocenters. The lowest BCUT2D eigenvalue weighted by molar-refractivity contribution is -0.143. The lowest BCUT2D eigenvalue weighted by atomic mass is 10.0. The molecule has 1 amide bonds. The Morgan fingerprint density at radius 2 is 0.618 bits per heavy atom. The summed E-state index contributed by atoms with van der Waals surface area (Å²) in [6, 6.07) is -0.539. The van der Waals surface area contributed by atoms with Crippen LogP contribution < -0.4 is 5.32 Å². The molecule has 0 aliphatic rings. The summed E-state index contributed by atoms with van der Waals surface area (Å²) in [6.07, 6.45) is 81.1. The standard InChI is InChI=1S/C70H137NO5/c1-3-5-7-9-11-13-15-17-19-31-36-40-44-48-52-56-60-64-70(75)76-65-61-57-53-49-45-41-37-33-30-28-26-24-22-21-23-25-27-29-32-35-39-43-47-51-55-59-63-69(74)71-67(66-72)68(73)62-58-54-50-46-42-38-34-20-18-16-14-12-10-8-6-4-2/h17,19,67-68,72-73H,3-16,18,20-66H2,1-2H3,(H,71,74)/b19-17-. The molecule has 6 nitrogen and oxygen atoms in total. The van der Waals surface area contributed by atoms with E-state index in [0.29, 0.717) is 25.9 Å². The van der Waals surface area contributed by atoms with Crippen LogP contribution in [0.2, 0.25) is 0 Å². The second-order valence-corrected chi connectivity index (χ2v) is 24.2. The zero-order valence-electron chi connectivity index (χ0n) is 51.8. The number of hydrogen-bond acceptors (Lipinski definition) is 5. The quantitative estimate of drug-likeness (QED) is 0.0320. The monoisotopic (exact) mass is 1070 g/mol. The summed E-state index contributed by atoms with van der Waals surface area (Å²) in [5.41, 5.74) is 0. The SMILES string of the molecule is CCCCCCCC/C=C\CCCCCCCCCC(=O)OCCCCCCCCCCCCCCCCCCCCCCCCCCCCC(=O)NC(CO)C(O)CCCCCCCCCCCCCCCCCC. The van der Waals surface area contributed by atoms with Crippen molar-refractivity contribution >= 4 is 11.9 Å². The van der Waals surface area contributed by atoms with Crippen molar-refractivity contribution in [3.05, 3.63) is 12.2 Å². The first kappa shape index (κ1) is 74.6. The maximum atomic E-state index is 12.5. The Kier molecular flexibility index (Phi) is 64.9. The molecule has 0 radical (unpaired) electrons. The highest BCUT2D eigenvalue weighted by atomic mass is 16.5. The minimum atomic E-state index is -0.662. The second-order valence-electron chi connectivity index (χ2n) is 24.2. The molecule has 0 saturated carbocycles. The third-order valence-electron chi connectivity index (χ3n) is 16.6. The molecule has 0 bridgehead atoms. The number of nitrogens with one attached hydrogen (secondary N) is 1. The molecular weight excluding hydrogens is 935 g/mol. The van der Waals surface area contributed by atoms with Gasteiger partial charge in [0.25, 0.3) is 0 Å². The lowest BCUT2D eigenvalue weighted by Crippen LogP contribution is -2.45. The van der Waals surface area contributed by atoms with Crippen LogP contribution in [0.5, 0.6) is 0 Å². The average Bonchev–Trinajstić information content (AvgIpc) is 3.42. The molecule has 0 spiro atoms. The van der Waals surface area contributed by atoms with Crippen molar-refractivity contribution in [2.45, 2.75) is 411 Å². The zero-order valence-corrected chi connectivity index (χ0v) is 51.8. The van der Waals surface area contributed by atoms with Crippen LogP contribution in [0.1, 0.15) is 399 Å². The highest BCUT2D eigenvalue weighted by molar-refractivity contribution is 5.76. The number of amides is 1. The van der Waals surface area contributed by atoms with Crippen LogP contribution in [-0.4, -0.2) is 47.4 Å². The van der Waals surface area contributed by atoms with Gasteiger partial charge in [0.2, 0.25) is 5.91 Å². The van der Waals surface area contributed by atoms with E-state index in [1.165, 1.54) is 321 Å². The summed E-state index contributed by atoms with van der Waals surface area (Å²) < 4.78 is 5.50. The van der Waals surface area contributed by atoms with Crippen LogP contribution in [-0.2, 0) is 14.3 Å². The molecule has 0 aromatic carbocycles. The predicted molar refractivity (Wildman–Crippen MR) is 333 cm³/mol. The number of allylic oxidation sites excluding steroid dienone is 2. The van der Waals surface area contributed by atoms with Gasteiger partial charge in [0.15, 0.2) is 0 Å². The van der Waals surface area contributed by atoms with Crippen molar-refractivity contribution in [1.29, 1.82) is 0 Å². The first-order valence-corrected chi connectivity index (χ1v) is 34.9. The van der Waals surface area contributed by atoms with Crippen molar-refractivity contribution < 1.29 is 24.5 Å². The van der Waals surface area contributed by atoms with E-state index in [2.05, 4.69) is 31.3 Å². The van der Waals surface area contributed by atoms with Crippen molar-refractivity contribution in [1.82, 2.24) is 5.32 Å². The van der Waals surface area contributed by atoms with Crippen molar-refractivity contribution in [2.75, 3.05) is 13.2 Å². The molecule has 0 aliphatic heterocycles. The van der Waals surface area contributed by atoms with Gasteiger partial charge in [-0.25, -0.2) is 0 Å². The van der Waals surface area contributed by atoms with E-state index in [4.69, 9.17) is 4.74 Å². The number of hydrogen-bond donors (Lipinski definition) is 3. The third kappa shape index (κ3) is 61.8. The van der Waals surface area contributed by atoms with Crippen LogP contribution >= 0.6 is 0 Å². The fourth-order valence-corrected chi connectivity index (χ4v) is 11.2. The Morgan fingerprint density at radius 1 is 0.355 bits per heavy atom. The molecule has 0 aliphatic carbocycles. The smallest absolute Gasteiger partial charge is 0.305 e. The number of carbonyl (C=O) groups is 2. The van der Waals surface area contributed by atoms with E-state index in [0.717, 1.165) is 44.9 Å². The number of rotatable bonds is 66. The molecule has 0 rings (SSSR count). The largest absolute Gasteiger partial charge is 0.466 e. The van der Waals surface area contributed by atoms with Gasteiger partial charge in [0, 0.05) is 12.8 Å². The first-order chi connectivity index (χ1) is 37.5. The Hall–Kier alpha value is -1.40. The highest BCUT2D eigenvalue weighted by Crippen LogP contribution is 2.19. The number of aliphatic hydroxyl groups is 2. The molecule has 3 N–H and O–H groups in total. The van der Waals surface area contributed by atoms with Crippen molar-refractivity contribution in [3.8, 4) is 0 Å². The van der Waals surface area contributed by atoms with Crippen LogP contribution in [0, 0.1) is 0 Å². The maximum Gasteiger partial charge on any atom is 0.305 e. The Balaban J connectivity index is 3.34. The minimum Gasteiger partial charge on any atom is -0.466 e. The molecule has 76 heavy (non-hydrogen) atoms. The fourth-order valence-electron chi connectivity index (χ4n) is 11.2. The van der Waals surface area contributed by atoms with Gasteiger partial charge in [0.05, 0.1) is 25.4 Å². The number of ether oxygens (including phenoxy) is 1. The Labute approximate surface area is 476 Å². The van der Waals surface area contributed by atoms with Gasteiger partial charge in [-0.3, -0.25) is 9.59 Å². The molecular formula is C70H137NO5. The first-order valence-electron chi connectivity index (χ1n) is 34.9.